The molecule has 2 amide bonds. The number of nitrogens with one attached hydrogen (secondary N) is 2. The van der Waals surface area contributed by atoms with E-state index >= 15 is 0 Å². The minimum atomic E-state index is -0.620. The van der Waals surface area contributed by atoms with Gasteiger partial charge in [-0.2, -0.15) is 0 Å². The van der Waals surface area contributed by atoms with Crippen LogP contribution in [0.2, 0.25) is 0 Å². The van der Waals surface area contributed by atoms with Gasteiger partial charge in [0.2, 0.25) is 0 Å². The summed E-state index contributed by atoms with van der Waals surface area (Å²) in [5.41, 5.74) is 8.76. The van der Waals surface area contributed by atoms with Gasteiger partial charge in [0.05, 0.1) is 11.9 Å². The van der Waals surface area contributed by atoms with Gasteiger partial charge in [0.15, 0.2) is 0 Å². The molecule has 0 spiro atoms. The van der Waals surface area contributed by atoms with Crippen molar-refractivity contribution in [2.45, 2.75) is 13.5 Å². The predicted molar refractivity (Wildman–Crippen MR) is 151 cm³/mol. The zero-order valence-corrected chi connectivity index (χ0v) is 21.7. The molecule has 0 bridgehead atoms. The summed E-state index contributed by atoms with van der Waals surface area (Å²) in [4.78, 5) is 51.3. The van der Waals surface area contributed by atoms with Gasteiger partial charge in [-0.3, -0.25) is 19.0 Å². The van der Waals surface area contributed by atoms with Crippen LogP contribution < -0.4 is 21.9 Å². The van der Waals surface area contributed by atoms with Crippen molar-refractivity contribution in [3.8, 4) is 28.7 Å². The monoisotopic (exact) mass is 532 g/mol. The van der Waals surface area contributed by atoms with Gasteiger partial charge in [-0.15, -0.1) is 0 Å². The number of nitrogens with two attached hydrogens (primary N) is 1. The Hall–Kier alpha value is -5.76. The Morgan fingerprint density at radius 1 is 1.02 bits per heavy atom. The number of fused-ring (bicyclic) bond motifs is 1. The average Bonchev–Trinajstić information content (AvgIpc) is 3.30. The predicted octanol–water partition coefficient (Wildman–Crippen LogP) is 2.66. The van der Waals surface area contributed by atoms with Crippen molar-refractivity contribution >= 4 is 34.5 Å². The second-order valence-corrected chi connectivity index (χ2v) is 8.77. The van der Waals surface area contributed by atoms with Crippen molar-refractivity contribution in [2.24, 2.45) is 7.05 Å². The largest absolute Gasteiger partial charge is 0.383 e. The van der Waals surface area contributed by atoms with Crippen LogP contribution in [0.25, 0.3) is 27.8 Å². The number of pyridine rings is 2. The van der Waals surface area contributed by atoms with Gasteiger partial charge in [-0.25, -0.2) is 15.0 Å². The molecule has 5 rings (SSSR count). The number of amides is 2. The number of hydrogen-bond acceptors (Lipinski definition) is 7. The maximum atomic E-state index is 13.5. The number of hydrogen-bond donors (Lipinski definition) is 3. The summed E-state index contributed by atoms with van der Waals surface area (Å²) >= 11 is 0. The van der Waals surface area contributed by atoms with E-state index in [1.54, 1.807) is 55.6 Å². The summed E-state index contributed by atoms with van der Waals surface area (Å²) in [6.07, 6.45) is 4.90. The number of benzene rings is 1. The van der Waals surface area contributed by atoms with E-state index in [0.717, 1.165) is 11.1 Å². The SMILES string of the molecule is CC#CC(=O)NCc1ccc(C(=O)Nc2ccc(-c3cn(C)c4ncnc(N)c34)cn2)c(=O)n1-c1ccccc1. The molecule has 4 aromatic heterocycles. The number of carbonyl (C=O) groups excluding carboxylic acids is 2. The van der Waals surface area contributed by atoms with E-state index in [1.807, 2.05) is 23.9 Å². The molecule has 11 nitrogen and oxygen atoms in total. The quantitative estimate of drug-likeness (QED) is 0.285. The molecule has 0 aliphatic carbocycles. The molecule has 0 saturated carbocycles. The number of anilines is 2. The molecule has 1 aromatic carbocycles. The number of para-hydroxylation sites is 1. The van der Waals surface area contributed by atoms with Crippen LogP contribution in [0.5, 0.6) is 0 Å². The van der Waals surface area contributed by atoms with Crippen LogP contribution in [0.4, 0.5) is 11.6 Å². The highest BCUT2D eigenvalue weighted by atomic mass is 16.2. The molecule has 0 atom stereocenters. The zero-order chi connectivity index (χ0) is 28.2. The molecule has 0 aliphatic heterocycles. The molecular weight excluding hydrogens is 508 g/mol. The lowest BCUT2D eigenvalue weighted by Crippen LogP contribution is -2.32. The smallest absolute Gasteiger partial charge is 0.296 e. The molecule has 0 aliphatic rings. The maximum Gasteiger partial charge on any atom is 0.296 e. The van der Waals surface area contributed by atoms with E-state index in [0.29, 0.717) is 28.2 Å². The molecular formula is C29H24N8O3. The standard InChI is InChI=1S/C29H24N8O3/c1-3-7-24(38)32-15-20-11-12-21(29(40)37(20)19-8-5-4-6-9-19)28(39)35-23-13-10-18(14-31-23)22-16-36(2)27-25(22)26(30)33-17-34-27/h4-6,8-14,16-17H,15H2,1-2H3,(H,32,38)(H2,30,33,34)(H,31,35,39). The van der Waals surface area contributed by atoms with E-state index in [4.69, 9.17) is 5.73 Å². The zero-order valence-electron chi connectivity index (χ0n) is 21.7. The Balaban J connectivity index is 1.43. The first kappa shape index (κ1) is 25.9. The van der Waals surface area contributed by atoms with E-state index in [-0.39, 0.29) is 17.9 Å². The minimum Gasteiger partial charge on any atom is -0.383 e. The van der Waals surface area contributed by atoms with Crippen LogP contribution in [-0.4, -0.2) is 35.9 Å². The third-order valence-corrected chi connectivity index (χ3v) is 6.19. The fourth-order valence-corrected chi connectivity index (χ4v) is 4.34. The highest BCUT2D eigenvalue weighted by molar-refractivity contribution is 6.04. The number of nitrogens with zero attached hydrogens (tertiary/aromatic N) is 5. The van der Waals surface area contributed by atoms with Crippen molar-refractivity contribution in [2.75, 3.05) is 11.1 Å². The molecule has 0 radical (unpaired) electrons. The van der Waals surface area contributed by atoms with Crippen LogP contribution in [0.15, 0.2) is 78.1 Å². The Kier molecular flexibility index (Phi) is 7.07. The van der Waals surface area contributed by atoms with Crippen LogP contribution in [0, 0.1) is 11.8 Å². The van der Waals surface area contributed by atoms with E-state index in [2.05, 4.69) is 37.4 Å². The van der Waals surface area contributed by atoms with E-state index in [1.165, 1.54) is 17.0 Å². The summed E-state index contributed by atoms with van der Waals surface area (Å²) in [6.45, 7) is 1.61. The fourth-order valence-electron chi connectivity index (χ4n) is 4.34. The number of aryl methyl sites for hydroxylation is 1. The minimum absolute atomic E-state index is 0.0479. The first-order valence-electron chi connectivity index (χ1n) is 12.2. The van der Waals surface area contributed by atoms with Gasteiger partial charge < -0.3 is 20.9 Å². The van der Waals surface area contributed by atoms with Crippen molar-refractivity contribution in [3.63, 3.8) is 0 Å². The third-order valence-electron chi connectivity index (χ3n) is 6.19. The summed E-state index contributed by atoms with van der Waals surface area (Å²) in [6, 6.07) is 15.3. The van der Waals surface area contributed by atoms with Crippen molar-refractivity contribution < 1.29 is 9.59 Å². The van der Waals surface area contributed by atoms with Crippen molar-refractivity contribution in [1.29, 1.82) is 0 Å². The topological polar surface area (TPSA) is 150 Å². The molecule has 5 aromatic rings. The molecule has 0 saturated heterocycles. The van der Waals surface area contributed by atoms with Gasteiger partial charge in [-0.1, -0.05) is 24.1 Å². The van der Waals surface area contributed by atoms with Crippen molar-refractivity contribution in [1.82, 2.24) is 29.4 Å². The van der Waals surface area contributed by atoms with Crippen LogP contribution in [0.3, 0.4) is 0 Å². The number of rotatable bonds is 6. The van der Waals surface area contributed by atoms with Crippen LogP contribution >= 0.6 is 0 Å². The second kappa shape index (κ2) is 10.9. The second-order valence-electron chi connectivity index (χ2n) is 8.77. The summed E-state index contributed by atoms with van der Waals surface area (Å²) < 4.78 is 3.24. The number of carbonyl (C=O) groups is 2. The number of nitrogen functional groups attached to an aromatic ring is 1. The van der Waals surface area contributed by atoms with Crippen molar-refractivity contribution in [3.05, 3.63) is 94.9 Å². The molecule has 40 heavy (non-hydrogen) atoms. The Labute approximate surface area is 228 Å². The highest BCUT2D eigenvalue weighted by Gasteiger charge is 2.18. The molecule has 4 N–H and O–H groups in total. The Bertz CT molecular complexity index is 1860. The van der Waals surface area contributed by atoms with Gasteiger partial charge >= 0.3 is 0 Å². The van der Waals surface area contributed by atoms with Gasteiger partial charge in [0, 0.05) is 41.9 Å². The summed E-state index contributed by atoms with van der Waals surface area (Å²) in [5, 5.41) is 6.06. The first-order chi connectivity index (χ1) is 19.4. The Morgan fingerprint density at radius 3 is 2.55 bits per heavy atom. The fraction of sp³-hybridized carbons (Fsp3) is 0.103. The van der Waals surface area contributed by atoms with E-state index in [9.17, 15) is 14.4 Å². The summed E-state index contributed by atoms with van der Waals surface area (Å²) in [7, 11) is 1.86. The third kappa shape index (κ3) is 5.01. The van der Waals surface area contributed by atoms with Crippen LogP contribution in [-0.2, 0) is 18.4 Å². The normalized spacial score (nSPS) is 10.6. The van der Waals surface area contributed by atoms with Gasteiger partial charge in [0.25, 0.3) is 17.4 Å². The first-order valence-corrected chi connectivity index (χ1v) is 12.2. The highest BCUT2D eigenvalue weighted by Crippen LogP contribution is 2.32. The molecule has 11 heteroatoms. The number of aromatic nitrogens is 5. The molecule has 0 unspecified atom stereocenters. The molecule has 198 valence electrons. The lowest BCUT2D eigenvalue weighted by Gasteiger charge is -2.15. The van der Waals surface area contributed by atoms with Gasteiger partial charge in [-0.05, 0) is 49.2 Å². The van der Waals surface area contributed by atoms with Crippen LogP contribution in [0.1, 0.15) is 23.0 Å². The molecule has 4 heterocycles. The maximum absolute atomic E-state index is 13.5. The lowest BCUT2D eigenvalue weighted by atomic mass is 10.1. The molecule has 0 fully saturated rings. The van der Waals surface area contributed by atoms with E-state index < -0.39 is 17.4 Å². The average molecular weight is 533 g/mol. The Morgan fingerprint density at radius 2 is 1.82 bits per heavy atom. The lowest BCUT2D eigenvalue weighted by molar-refractivity contribution is -0.115. The summed E-state index contributed by atoms with van der Waals surface area (Å²) in [5.74, 6) is 4.46. The van der Waals surface area contributed by atoms with Gasteiger partial charge in [0.1, 0.15) is 29.2 Å².